The van der Waals surface area contributed by atoms with Gasteiger partial charge >= 0.3 is 12.1 Å². The molecule has 6 heteroatoms. The topological polar surface area (TPSA) is 76.1 Å². The lowest BCUT2D eigenvalue weighted by Gasteiger charge is -2.27. The van der Waals surface area contributed by atoms with Gasteiger partial charge in [-0.1, -0.05) is 0 Å². The predicted molar refractivity (Wildman–Crippen MR) is 68.5 cm³/mol. The fourth-order valence-electron chi connectivity index (χ4n) is 2.15. The molecule has 0 radical (unpaired) electrons. The minimum absolute atomic E-state index is 0.0829. The number of hydrogen-bond donors (Lipinski definition) is 1. The molecule has 110 valence electrons. The Labute approximate surface area is 113 Å². The Morgan fingerprint density at radius 1 is 1.37 bits per heavy atom. The molecule has 1 saturated heterocycles. The molecular formula is C13H23NO5. The van der Waals surface area contributed by atoms with Crippen LogP contribution < -0.4 is 0 Å². The van der Waals surface area contributed by atoms with Crippen molar-refractivity contribution in [1.29, 1.82) is 0 Å². The summed E-state index contributed by atoms with van der Waals surface area (Å²) < 4.78 is 10.2. The monoisotopic (exact) mass is 273 g/mol. The number of rotatable bonds is 2. The van der Waals surface area contributed by atoms with Crippen LogP contribution in [-0.2, 0) is 14.3 Å². The van der Waals surface area contributed by atoms with Crippen LogP contribution in [0.3, 0.4) is 0 Å². The molecule has 1 aliphatic heterocycles. The van der Waals surface area contributed by atoms with Gasteiger partial charge in [-0.05, 0) is 34.6 Å². The van der Waals surface area contributed by atoms with Gasteiger partial charge in [0, 0.05) is 6.04 Å². The SMILES string of the molecule is CCOC(=O)C1C(O)CN(C(=O)OC(C)(C)C)C1C. The lowest BCUT2D eigenvalue weighted by atomic mass is 10.00. The third-order valence-electron chi connectivity index (χ3n) is 3.00. The second-order valence-electron chi connectivity index (χ2n) is 5.72. The summed E-state index contributed by atoms with van der Waals surface area (Å²) in [4.78, 5) is 25.1. The average molecular weight is 273 g/mol. The van der Waals surface area contributed by atoms with Gasteiger partial charge in [0.15, 0.2) is 0 Å². The van der Waals surface area contributed by atoms with Crippen LogP contribution >= 0.6 is 0 Å². The molecule has 3 atom stereocenters. The van der Waals surface area contributed by atoms with Crippen LogP contribution in [0.5, 0.6) is 0 Å². The zero-order valence-electron chi connectivity index (χ0n) is 12.2. The highest BCUT2D eigenvalue weighted by Gasteiger charge is 2.46. The number of carbonyl (C=O) groups is 2. The van der Waals surface area contributed by atoms with Crippen LogP contribution in [0.15, 0.2) is 0 Å². The molecule has 0 aliphatic carbocycles. The summed E-state index contributed by atoms with van der Waals surface area (Å²) in [6, 6.07) is -0.441. The van der Waals surface area contributed by atoms with E-state index in [2.05, 4.69) is 0 Å². The lowest BCUT2D eigenvalue weighted by molar-refractivity contribution is -0.151. The summed E-state index contributed by atoms with van der Waals surface area (Å²) in [5.41, 5.74) is -0.607. The maximum Gasteiger partial charge on any atom is 0.410 e. The van der Waals surface area contributed by atoms with Crippen LogP contribution in [0.4, 0.5) is 4.79 Å². The highest BCUT2D eigenvalue weighted by atomic mass is 16.6. The molecular weight excluding hydrogens is 250 g/mol. The minimum atomic E-state index is -0.915. The van der Waals surface area contributed by atoms with E-state index in [0.29, 0.717) is 0 Å². The second kappa shape index (κ2) is 5.77. The summed E-state index contributed by atoms with van der Waals surface area (Å²) in [6.07, 6.45) is -1.44. The van der Waals surface area contributed by atoms with Crippen molar-refractivity contribution in [3.63, 3.8) is 0 Å². The van der Waals surface area contributed by atoms with Gasteiger partial charge in [-0.2, -0.15) is 0 Å². The van der Waals surface area contributed by atoms with Crippen molar-refractivity contribution in [3.8, 4) is 0 Å². The van der Waals surface area contributed by atoms with E-state index < -0.39 is 35.7 Å². The molecule has 0 spiro atoms. The maximum absolute atomic E-state index is 12.0. The first-order chi connectivity index (χ1) is 8.67. The van der Waals surface area contributed by atoms with E-state index in [4.69, 9.17) is 9.47 Å². The van der Waals surface area contributed by atoms with Crippen LogP contribution in [0, 0.1) is 5.92 Å². The molecule has 19 heavy (non-hydrogen) atoms. The number of amides is 1. The molecule has 6 nitrogen and oxygen atoms in total. The molecule has 0 aromatic rings. The van der Waals surface area contributed by atoms with Gasteiger partial charge < -0.3 is 19.5 Å². The third-order valence-corrected chi connectivity index (χ3v) is 3.00. The van der Waals surface area contributed by atoms with E-state index in [1.165, 1.54) is 4.90 Å². The van der Waals surface area contributed by atoms with Gasteiger partial charge in [-0.3, -0.25) is 4.79 Å². The molecule has 0 saturated carbocycles. The molecule has 0 aromatic carbocycles. The number of esters is 1. The molecule has 0 bridgehead atoms. The van der Waals surface area contributed by atoms with E-state index in [0.717, 1.165) is 0 Å². The minimum Gasteiger partial charge on any atom is -0.466 e. The van der Waals surface area contributed by atoms with E-state index in [-0.39, 0.29) is 13.2 Å². The number of ether oxygens (including phenoxy) is 2. The first-order valence-electron chi connectivity index (χ1n) is 6.51. The van der Waals surface area contributed by atoms with Gasteiger partial charge in [-0.15, -0.1) is 0 Å². The van der Waals surface area contributed by atoms with Crippen molar-refractivity contribution in [1.82, 2.24) is 4.90 Å². The largest absolute Gasteiger partial charge is 0.466 e. The first-order valence-corrected chi connectivity index (χ1v) is 6.51. The number of aliphatic hydroxyl groups is 1. The van der Waals surface area contributed by atoms with E-state index in [1.807, 2.05) is 0 Å². The molecule has 0 aromatic heterocycles. The molecule has 1 aliphatic rings. The fourth-order valence-corrected chi connectivity index (χ4v) is 2.15. The summed E-state index contributed by atoms with van der Waals surface area (Å²) in [7, 11) is 0. The second-order valence-corrected chi connectivity index (χ2v) is 5.72. The standard InChI is InChI=1S/C13H23NO5/c1-6-18-11(16)10-8(2)14(7-9(10)15)12(17)19-13(3,4)5/h8-10,15H,6-7H2,1-5H3. The van der Waals surface area contributed by atoms with Gasteiger partial charge in [0.25, 0.3) is 0 Å². The number of hydrogen-bond acceptors (Lipinski definition) is 5. The molecule has 3 unspecified atom stereocenters. The molecule has 1 N–H and O–H groups in total. The van der Waals surface area contributed by atoms with Crippen LogP contribution in [0.25, 0.3) is 0 Å². The average Bonchev–Trinajstić information content (AvgIpc) is 2.52. The van der Waals surface area contributed by atoms with E-state index in [1.54, 1.807) is 34.6 Å². The Morgan fingerprint density at radius 3 is 2.42 bits per heavy atom. The summed E-state index contributed by atoms with van der Waals surface area (Å²) >= 11 is 0. The van der Waals surface area contributed by atoms with Gasteiger partial charge in [0.1, 0.15) is 11.5 Å². The number of aliphatic hydroxyl groups excluding tert-OH is 1. The van der Waals surface area contributed by atoms with Crippen LogP contribution in [0.2, 0.25) is 0 Å². The molecule has 1 amide bonds. The van der Waals surface area contributed by atoms with Crippen molar-refractivity contribution >= 4 is 12.1 Å². The molecule has 1 heterocycles. The number of β-amino-alcohol motifs (C(OH)–C–C–N with tert-alkyl or cyclic N) is 1. The quantitative estimate of drug-likeness (QED) is 0.764. The zero-order valence-corrected chi connectivity index (χ0v) is 12.2. The van der Waals surface area contributed by atoms with E-state index in [9.17, 15) is 14.7 Å². The normalized spacial score (nSPS) is 27.3. The van der Waals surface area contributed by atoms with Crippen molar-refractivity contribution in [2.24, 2.45) is 5.92 Å². The van der Waals surface area contributed by atoms with Crippen molar-refractivity contribution < 1.29 is 24.2 Å². The summed E-state index contributed by atoms with van der Waals surface area (Å²) in [5.74, 6) is -1.19. The molecule has 1 fully saturated rings. The van der Waals surface area contributed by atoms with Crippen LogP contribution in [-0.4, -0.2) is 53.0 Å². The van der Waals surface area contributed by atoms with Gasteiger partial charge in [-0.25, -0.2) is 4.79 Å². The Balaban J connectivity index is 2.74. The molecule has 1 rings (SSSR count). The number of nitrogens with zero attached hydrogens (tertiary/aromatic N) is 1. The van der Waals surface area contributed by atoms with E-state index >= 15 is 0 Å². The number of likely N-dealkylation sites (tertiary alicyclic amines) is 1. The fraction of sp³-hybridized carbons (Fsp3) is 0.846. The van der Waals surface area contributed by atoms with Gasteiger partial charge in [0.2, 0.25) is 0 Å². The smallest absolute Gasteiger partial charge is 0.410 e. The van der Waals surface area contributed by atoms with Crippen molar-refractivity contribution in [2.75, 3.05) is 13.2 Å². The summed E-state index contributed by atoms with van der Waals surface area (Å²) in [5, 5.41) is 9.92. The number of carbonyl (C=O) groups excluding carboxylic acids is 2. The Hall–Kier alpha value is -1.30. The Kier molecular flexibility index (Phi) is 4.79. The van der Waals surface area contributed by atoms with Crippen molar-refractivity contribution in [3.05, 3.63) is 0 Å². The highest BCUT2D eigenvalue weighted by Crippen LogP contribution is 2.27. The maximum atomic E-state index is 12.0. The Bertz CT molecular complexity index is 349. The van der Waals surface area contributed by atoms with Crippen molar-refractivity contribution in [2.45, 2.75) is 52.4 Å². The van der Waals surface area contributed by atoms with Crippen LogP contribution in [0.1, 0.15) is 34.6 Å². The highest BCUT2D eigenvalue weighted by molar-refractivity contribution is 5.77. The first kappa shape index (κ1) is 15.8. The predicted octanol–water partition coefficient (Wildman–Crippen LogP) is 1.17. The zero-order chi connectivity index (χ0) is 14.8. The third kappa shape index (κ3) is 3.83. The van der Waals surface area contributed by atoms with Gasteiger partial charge in [0.05, 0.1) is 19.3 Å². The lowest BCUT2D eigenvalue weighted by Crippen LogP contribution is -2.41. The Morgan fingerprint density at radius 2 is 1.95 bits per heavy atom. The summed E-state index contributed by atoms with van der Waals surface area (Å²) in [6.45, 7) is 9.05.